The van der Waals surface area contributed by atoms with Crippen molar-refractivity contribution in [1.82, 2.24) is 45.3 Å². The van der Waals surface area contributed by atoms with Crippen LogP contribution in [0.5, 0.6) is 5.88 Å². The molecule has 3 aliphatic rings. The number of aromatic nitrogens is 8. The molecule has 1 amide bonds. The molecule has 0 unspecified atom stereocenters. The molecule has 64 heavy (non-hydrogen) atoms. The molecule has 360 valence electrons. The first-order chi connectivity index (χ1) is 30.2. The number of nitrogens with one attached hydrogen (secondary N) is 1. The Morgan fingerprint density at radius 1 is 0.969 bits per heavy atom. The molecule has 3 aromatic rings. The number of halogens is 1. The lowest BCUT2D eigenvalue weighted by Gasteiger charge is -2.39. The Morgan fingerprint density at radius 2 is 1.62 bits per heavy atom. The van der Waals surface area contributed by atoms with Gasteiger partial charge in [0.2, 0.25) is 16.5 Å². The van der Waals surface area contributed by atoms with Gasteiger partial charge in [0.1, 0.15) is 30.3 Å². The number of ether oxygens (including phenoxy) is 8. The van der Waals surface area contributed by atoms with Gasteiger partial charge in [0.25, 0.3) is 0 Å². The third kappa shape index (κ3) is 13.3. The predicted octanol–water partition coefficient (Wildman–Crippen LogP) is 6.78. The molecule has 25 heteroatoms. The van der Waals surface area contributed by atoms with Gasteiger partial charge in [0, 0.05) is 35.4 Å². The SMILES string of the molecule is CCOP(=O)(OCC)[C@@](COCC[Si](C)(C)C)(COCc1nnn(COCC[Si](C)(C)C)n1)OC[C@H]1O[C@@H](n2ncc3c(OC(=O)NC4CCCC4)nc(Cl)nc32)[C@@H]2OC(C)(C)O[C@@H]21. The van der Waals surface area contributed by atoms with Gasteiger partial charge in [0.05, 0.1) is 39.2 Å². The fraction of sp³-hybridized carbons (Fsp3) is 0.821. The van der Waals surface area contributed by atoms with Crippen molar-refractivity contribution in [3.8, 4) is 5.88 Å². The molecule has 0 radical (unpaired) electrons. The van der Waals surface area contributed by atoms with Crippen molar-refractivity contribution >= 4 is 52.5 Å². The Hall–Kier alpha value is -2.52. The predicted molar refractivity (Wildman–Crippen MR) is 240 cm³/mol. The second-order valence-electron chi connectivity index (χ2n) is 19.1. The first-order valence-corrected chi connectivity index (χ1v) is 31.5. The van der Waals surface area contributed by atoms with Crippen molar-refractivity contribution in [1.29, 1.82) is 0 Å². The van der Waals surface area contributed by atoms with Crippen molar-refractivity contribution in [2.45, 2.75) is 160 Å². The summed E-state index contributed by atoms with van der Waals surface area (Å²) in [5, 5.41) is 18.5. The molecule has 2 saturated heterocycles. The molecule has 3 fully saturated rings. The van der Waals surface area contributed by atoms with Crippen LogP contribution < -0.4 is 10.1 Å². The van der Waals surface area contributed by atoms with E-state index in [0.717, 1.165) is 37.8 Å². The van der Waals surface area contributed by atoms with Crippen LogP contribution in [0.25, 0.3) is 11.0 Å². The number of carbonyl (C=O) groups excluding carboxylic acids is 1. The maximum atomic E-state index is 15.1. The normalized spacial score (nSPS) is 22.6. The Balaban J connectivity index is 1.24. The number of carbonyl (C=O) groups is 1. The van der Waals surface area contributed by atoms with E-state index in [0.29, 0.717) is 18.6 Å². The van der Waals surface area contributed by atoms with E-state index in [1.807, 2.05) is 0 Å². The number of fused-ring (bicyclic) bond motifs is 2. The van der Waals surface area contributed by atoms with E-state index in [2.05, 4.69) is 75.1 Å². The lowest BCUT2D eigenvalue weighted by atomic mass is 10.1. The maximum Gasteiger partial charge on any atom is 0.414 e. The number of hydrogen-bond acceptors (Lipinski definition) is 18. The molecular formula is C39H67ClN9O12PSi2. The second kappa shape index (κ2) is 21.6. The van der Waals surface area contributed by atoms with Gasteiger partial charge in [-0.15, -0.1) is 15.0 Å². The first kappa shape index (κ1) is 50.9. The van der Waals surface area contributed by atoms with E-state index in [1.54, 1.807) is 27.7 Å². The van der Waals surface area contributed by atoms with Crippen molar-refractivity contribution in [2.24, 2.45) is 0 Å². The van der Waals surface area contributed by atoms with Crippen molar-refractivity contribution in [3.63, 3.8) is 0 Å². The van der Waals surface area contributed by atoms with Gasteiger partial charge in [-0.05, 0) is 69.4 Å². The molecule has 0 bridgehead atoms. The van der Waals surface area contributed by atoms with Crippen LogP contribution in [0.3, 0.4) is 0 Å². The van der Waals surface area contributed by atoms with Crippen LogP contribution in [0.15, 0.2) is 6.20 Å². The summed E-state index contributed by atoms with van der Waals surface area (Å²) in [6.07, 6.45) is 1.47. The zero-order valence-corrected chi connectivity index (χ0v) is 42.5. The highest BCUT2D eigenvalue weighted by Crippen LogP contribution is 2.61. The lowest BCUT2D eigenvalue weighted by Crippen LogP contribution is -2.47. The van der Waals surface area contributed by atoms with E-state index in [9.17, 15) is 4.79 Å². The molecule has 0 aromatic carbocycles. The minimum Gasteiger partial charge on any atom is -0.390 e. The molecular weight excluding hydrogens is 909 g/mol. The molecule has 2 aliphatic heterocycles. The standard InChI is InChI=1S/C39H67ClN9O12PSi2/c1-11-56-62(51,57-12-2)39(24-52-17-19-63(5,6)7,25-54-23-30-45-47-48(46-30)26-53-18-20-64(8,9)10)55-22-29-31-32(61-38(3,4)60-31)35(58-29)49-33-28(21-41-49)34(44-36(40)43-33)59-37(50)42-27-15-13-14-16-27/h21,27,29,31-32,35H,11-20,22-26H2,1-10H3,(H,42,50)/t29-,31-,32-,35-,39+/m1/s1. The summed E-state index contributed by atoms with van der Waals surface area (Å²) in [5.74, 6) is -0.805. The van der Waals surface area contributed by atoms with Gasteiger partial charge < -0.3 is 52.3 Å². The average Bonchev–Trinajstić information content (AvgIpc) is 4.04. The molecule has 21 nitrogen and oxygen atoms in total. The van der Waals surface area contributed by atoms with Crippen molar-refractivity contribution < 1.29 is 56.3 Å². The van der Waals surface area contributed by atoms with Crippen LogP contribution in [0, 0.1) is 0 Å². The highest BCUT2D eigenvalue weighted by atomic mass is 35.5. The molecule has 5 atom stereocenters. The van der Waals surface area contributed by atoms with Crippen molar-refractivity contribution in [3.05, 3.63) is 17.3 Å². The van der Waals surface area contributed by atoms with E-state index < -0.39 is 65.5 Å². The largest absolute Gasteiger partial charge is 0.414 e. The van der Waals surface area contributed by atoms with Crippen LogP contribution in [0.1, 0.15) is 65.4 Å². The minimum absolute atomic E-state index is 0.0284. The van der Waals surface area contributed by atoms with Crippen LogP contribution >= 0.6 is 19.2 Å². The highest BCUT2D eigenvalue weighted by molar-refractivity contribution is 7.55. The molecule has 3 aromatic heterocycles. The van der Waals surface area contributed by atoms with Crippen LogP contribution in [0.2, 0.25) is 56.7 Å². The summed E-state index contributed by atoms with van der Waals surface area (Å²) in [6, 6.07) is 1.87. The van der Waals surface area contributed by atoms with E-state index in [4.69, 9.17) is 58.5 Å². The molecule has 1 saturated carbocycles. The topological polar surface area (TPSA) is 226 Å². The number of tetrazole rings is 1. The van der Waals surface area contributed by atoms with Crippen LogP contribution in [0.4, 0.5) is 4.79 Å². The zero-order chi connectivity index (χ0) is 46.3. The summed E-state index contributed by atoms with van der Waals surface area (Å²) in [7, 11) is -6.99. The molecule has 6 rings (SSSR count). The Bertz CT molecular complexity index is 2040. The van der Waals surface area contributed by atoms with Gasteiger partial charge in [-0.1, -0.05) is 52.1 Å². The smallest absolute Gasteiger partial charge is 0.390 e. The van der Waals surface area contributed by atoms with Gasteiger partial charge >= 0.3 is 13.7 Å². The zero-order valence-electron chi connectivity index (χ0n) is 38.9. The Morgan fingerprint density at radius 3 is 2.30 bits per heavy atom. The van der Waals surface area contributed by atoms with Crippen LogP contribution in [-0.2, 0) is 60.1 Å². The van der Waals surface area contributed by atoms with Gasteiger partial charge in [0.15, 0.2) is 30.2 Å². The van der Waals surface area contributed by atoms with E-state index >= 15 is 4.57 Å². The van der Waals surface area contributed by atoms with Gasteiger partial charge in [-0.25, -0.2) is 9.48 Å². The molecule has 1 aliphatic carbocycles. The molecule has 5 heterocycles. The summed E-state index contributed by atoms with van der Waals surface area (Å²) in [5.41, 5.74) is 0.238. The Kier molecular flexibility index (Phi) is 17.2. The van der Waals surface area contributed by atoms with Gasteiger partial charge in [-0.3, -0.25) is 4.57 Å². The van der Waals surface area contributed by atoms with Crippen LogP contribution in [-0.4, -0.2) is 144 Å². The summed E-state index contributed by atoms with van der Waals surface area (Å²) in [6.45, 7) is 21.0. The number of amides is 1. The molecule has 0 spiro atoms. The van der Waals surface area contributed by atoms with E-state index in [1.165, 1.54) is 15.7 Å². The van der Waals surface area contributed by atoms with Crippen molar-refractivity contribution in [2.75, 3.05) is 46.2 Å². The monoisotopic (exact) mass is 975 g/mol. The number of rotatable bonds is 25. The van der Waals surface area contributed by atoms with Gasteiger partial charge in [-0.2, -0.15) is 15.1 Å². The highest BCUT2D eigenvalue weighted by Gasteiger charge is 2.59. The third-order valence-electron chi connectivity index (χ3n) is 10.8. The first-order valence-electron chi connectivity index (χ1n) is 22.2. The molecule has 1 N–H and O–H groups in total. The fourth-order valence-corrected chi connectivity index (χ4v) is 11.1. The second-order valence-corrected chi connectivity index (χ2v) is 33.0. The minimum atomic E-state index is -4.19. The quantitative estimate of drug-likeness (QED) is 0.0400. The Labute approximate surface area is 382 Å². The average molecular weight is 977 g/mol. The summed E-state index contributed by atoms with van der Waals surface area (Å²) < 4.78 is 78.8. The fourth-order valence-electron chi connectivity index (χ4n) is 7.52. The third-order valence-corrected chi connectivity index (χ3v) is 17.0. The van der Waals surface area contributed by atoms with E-state index in [-0.39, 0.29) is 75.0 Å². The number of hydrogen-bond donors (Lipinski definition) is 1. The maximum absolute atomic E-state index is 15.1. The summed E-state index contributed by atoms with van der Waals surface area (Å²) in [4.78, 5) is 22.9. The summed E-state index contributed by atoms with van der Waals surface area (Å²) >= 11 is 6.41. The lowest BCUT2D eigenvalue weighted by molar-refractivity contribution is -0.209. The number of nitrogens with zero attached hydrogens (tertiary/aromatic N) is 8.